The fourth-order valence-corrected chi connectivity index (χ4v) is 3.13. The van der Waals surface area contributed by atoms with Crippen LogP contribution in [0.3, 0.4) is 0 Å². The average molecular weight is 399 g/mol. The molecule has 3 amide bonds. The van der Waals surface area contributed by atoms with Crippen molar-refractivity contribution in [3.63, 3.8) is 0 Å². The number of hydrogen-bond acceptors (Lipinski definition) is 5. The summed E-state index contributed by atoms with van der Waals surface area (Å²) in [5.41, 5.74) is 0.800. The van der Waals surface area contributed by atoms with Crippen LogP contribution in [-0.2, 0) is 14.3 Å². The maximum atomic E-state index is 12.3. The predicted octanol–water partition coefficient (Wildman–Crippen LogP) is 2.25. The zero-order valence-electron chi connectivity index (χ0n) is 12.4. The summed E-state index contributed by atoms with van der Waals surface area (Å²) in [5, 5.41) is 2.13. The Bertz CT molecular complexity index is 663. The molecule has 6 nitrogen and oxygen atoms in total. The third kappa shape index (κ3) is 4.92. The first-order chi connectivity index (χ1) is 11.0. The monoisotopic (exact) mass is 398 g/mol. The van der Waals surface area contributed by atoms with Crippen LogP contribution in [0.2, 0.25) is 0 Å². The Morgan fingerprint density at radius 2 is 2.22 bits per heavy atom. The van der Waals surface area contributed by atoms with Gasteiger partial charge in [0.15, 0.2) is 0 Å². The van der Waals surface area contributed by atoms with Crippen molar-refractivity contribution in [3.05, 3.63) is 39.2 Å². The van der Waals surface area contributed by atoms with Gasteiger partial charge in [-0.1, -0.05) is 28.1 Å². The SMILES string of the molecule is COCCNC(=O)CN1C(=O)S/C(=C\c2cccc(Br)c2)C1=O. The van der Waals surface area contributed by atoms with Crippen LogP contribution in [0, 0.1) is 0 Å². The number of imide groups is 1. The average Bonchev–Trinajstić information content (AvgIpc) is 2.75. The van der Waals surface area contributed by atoms with Gasteiger partial charge < -0.3 is 10.1 Å². The topological polar surface area (TPSA) is 75.7 Å². The Kier molecular flexibility index (Phi) is 6.37. The highest BCUT2D eigenvalue weighted by atomic mass is 79.9. The van der Waals surface area contributed by atoms with Gasteiger partial charge in [-0.25, -0.2) is 0 Å². The van der Waals surface area contributed by atoms with Gasteiger partial charge in [-0.3, -0.25) is 19.3 Å². The number of rotatable bonds is 6. The Morgan fingerprint density at radius 1 is 1.43 bits per heavy atom. The van der Waals surface area contributed by atoms with Crippen LogP contribution in [0.5, 0.6) is 0 Å². The van der Waals surface area contributed by atoms with E-state index in [2.05, 4.69) is 21.2 Å². The van der Waals surface area contributed by atoms with E-state index >= 15 is 0 Å². The molecule has 1 aromatic carbocycles. The molecule has 0 bridgehead atoms. The first-order valence-corrected chi connectivity index (χ1v) is 8.39. The van der Waals surface area contributed by atoms with Gasteiger partial charge in [0.1, 0.15) is 6.54 Å². The lowest BCUT2D eigenvalue weighted by Gasteiger charge is -2.12. The minimum atomic E-state index is -0.457. The van der Waals surface area contributed by atoms with Crippen LogP contribution >= 0.6 is 27.7 Å². The van der Waals surface area contributed by atoms with E-state index in [1.54, 1.807) is 6.08 Å². The second kappa shape index (κ2) is 8.28. The van der Waals surface area contributed by atoms with Crippen LogP contribution in [0.25, 0.3) is 6.08 Å². The molecule has 8 heteroatoms. The van der Waals surface area contributed by atoms with Crippen molar-refractivity contribution in [1.29, 1.82) is 0 Å². The number of nitrogens with one attached hydrogen (secondary N) is 1. The minimum Gasteiger partial charge on any atom is -0.383 e. The van der Waals surface area contributed by atoms with Crippen molar-refractivity contribution in [1.82, 2.24) is 10.2 Å². The molecule has 23 heavy (non-hydrogen) atoms. The molecule has 0 saturated carbocycles. The number of carbonyl (C=O) groups excluding carboxylic acids is 3. The molecule has 2 rings (SSSR count). The molecule has 122 valence electrons. The van der Waals surface area contributed by atoms with Gasteiger partial charge in [0.05, 0.1) is 11.5 Å². The van der Waals surface area contributed by atoms with Crippen molar-refractivity contribution < 1.29 is 19.1 Å². The highest BCUT2D eigenvalue weighted by molar-refractivity contribution is 9.10. The zero-order chi connectivity index (χ0) is 16.8. The molecule has 0 unspecified atom stereocenters. The Labute approximate surface area is 146 Å². The lowest BCUT2D eigenvalue weighted by atomic mass is 10.2. The first-order valence-electron chi connectivity index (χ1n) is 6.78. The highest BCUT2D eigenvalue weighted by Crippen LogP contribution is 2.32. The molecule has 0 aliphatic carbocycles. The van der Waals surface area contributed by atoms with Gasteiger partial charge in [0, 0.05) is 18.1 Å². The summed E-state index contributed by atoms with van der Waals surface area (Å²) < 4.78 is 5.70. The van der Waals surface area contributed by atoms with Crippen LogP contribution in [0.15, 0.2) is 33.6 Å². The predicted molar refractivity (Wildman–Crippen MR) is 91.7 cm³/mol. The van der Waals surface area contributed by atoms with Crippen LogP contribution < -0.4 is 5.32 Å². The van der Waals surface area contributed by atoms with E-state index in [4.69, 9.17) is 4.74 Å². The van der Waals surface area contributed by atoms with Crippen molar-refractivity contribution in [2.75, 3.05) is 26.8 Å². The van der Waals surface area contributed by atoms with Crippen molar-refractivity contribution >= 4 is 50.8 Å². The van der Waals surface area contributed by atoms with E-state index in [0.717, 1.165) is 26.7 Å². The van der Waals surface area contributed by atoms with Gasteiger partial charge in [-0.05, 0) is 35.5 Å². The lowest BCUT2D eigenvalue weighted by Crippen LogP contribution is -2.40. The molecule has 1 saturated heterocycles. The molecule has 1 aliphatic rings. The molecule has 1 aliphatic heterocycles. The quantitative estimate of drug-likeness (QED) is 0.587. The number of carbonyl (C=O) groups is 3. The van der Waals surface area contributed by atoms with Crippen molar-refractivity contribution in [2.45, 2.75) is 0 Å². The summed E-state index contributed by atoms with van der Waals surface area (Å²) in [6, 6.07) is 7.37. The van der Waals surface area contributed by atoms with Crippen LogP contribution in [0.4, 0.5) is 4.79 Å². The smallest absolute Gasteiger partial charge is 0.294 e. The molecule has 1 N–H and O–H groups in total. The number of nitrogens with zero attached hydrogens (tertiary/aromatic N) is 1. The Morgan fingerprint density at radius 3 is 2.91 bits per heavy atom. The third-order valence-corrected chi connectivity index (χ3v) is 4.35. The lowest BCUT2D eigenvalue weighted by molar-refractivity contribution is -0.129. The van der Waals surface area contributed by atoms with Crippen molar-refractivity contribution in [2.24, 2.45) is 0 Å². The summed E-state index contributed by atoms with van der Waals surface area (Å²) in [6.45, 7) is 0.417. The molecular formula is C15H15BrN2O4S. The summed E-state index contributed by atoms with van der Waals surface area (Å²) >= 11 is 4.18. The number of halogens is 1. The van der Waals surface area contributed by atoms with E-state index < -0.39 is 17.1 Å². The summed E-state index contributed by atoms with van der Waals surface area (Å²) in [7, 11) is 1.52. The van der Waals surface area contributed by atoms with Gasteiger partial charge in [0.25, 0.3) is 11.1 Å². The van der Waals surface area contributed by atoms with Crippen LogP contribution in [0.1, 0.15) is 5.56 Å². The van der Waals surface area contributed by atoms with Crippen LogP contribution in [-0.4, -0.2) is 48.8 Å². The fourth-order valence-electron chi connectivity index (χ4n) is 1.88. The highest BCUT2D eigenvalue weighted by Gasteiger charge is 2.36. The molecule has 0 aromatic heterocycles. The minimum absolute atomic E-state index is 0.287. The number of methoxy groups -OCH3 is 1. The molecule has 1 heterocycles. The van der Waals surface area contributed by atoms with Gasteiger partial charge >= 0.3 is 0 Å². The Hall–Kier alpha value is -1.64. The second-order valence-corrected chi connectivity index (χ2v) is 6.57. The van der Waals surface area contributed by atoms with Crippen molar-refractivity contribution in [3.8, 4) is 0 Å². The molecule has 1 fully saturated rings. The number of benzene rings is 1. The number of ether oxygens (including phenoxy) is 1. The maximum Gasteiger partial charge on any atom is 0.294 e. The third-order valence-electron chi connectivity index (χ3n) is 2.95. The summed E-state index contributed by atoms with van der Waals surface area (Å²) in [5.74, 6) is -0.852. The van der Waals surface area contributed by atoms with E-state index in [9.17, 15) is 14.4 Å². The molecule has 0 radical (unpaired) electrons. The standard InChI is InChI=1S/C15H15BrN2O4S/c1-22-6-5-17-13(19)9-18-14(20)12(23-15(18)21)8-10-3-2-4-11(16)7-10/h2-4,7-8H,5-6,9H2,1H3,(H,17,19)/b12-8-. The molecule has 0 spiro atoms. The summed E-state index contributed by atoms with van der Waals surface area (Å²) in [6.07, 6.45) is 1.64. The summed E-state index contributed by atoms with van der Waals surface area (Å²) in [4.78, 5) is 37.2. The fraction of sp³-hybridized carbons (Fsp3) is 0.267. The maximum absolute atomic E-state index is 12.3. The molecular weight excluding hydrogens is 384 g/mol. The van der Waals surface area contributed by atoms with Gasteiger partial charge in [0.2, 0.25) is 5.91 Å². The molecule has 1 aromatic rings. The Balaban J connectivity index is 2.03. The van der Waals surface area contributed by atoms with E-state index in [1.807, 2.05) is 24.3 Å². The van der Waals surface area contributed by atoms with E-state index in [0.29, 0.717) is 18.1 Å². The van der Waals surface area contributed by atoms with E-state index in [1.165, 1.54) is 7.11 Å². The van der Waals surface area contributed by atoms with E-state index in [-0.39, 0.29) is 6.54 Å². The zero-order valence-corrected chi connectivity index (χ0v) is 14.8. The van der Waals surface area contributed by atoms with Gasteiger partial charge in [-0.2, -0.15) is 0 Å². The number of thioether (sulfide) groups is 1. The second-order valence-electron chi connectivity index (χ2n) is 4.67. The molecule has 0 atom stereocenters. The number of hydrogen-bond donors (Lipinski definition) is 1. The van der Waals surface area contributed by atoms with Gasteiger partial charge in [-0.15, -0.1) is 0 Å². The largest absolute Gasteiger partial charge is 0.383 e. The first kappa shape index (κ1) is 17.7. The number of amides is 3. The normalized spacial score (nSPS) is 16.3.